The largest absolute Gasteiger partial charge is 0.350 e. The Kier molecular flexibility index (Phi) is 4.59. The fraction of sp³-hybridized carbons (Fsp3) is 0.375. The van der Waals surface area contributed by atoms with Crippen molar-refractivity contribution in [1.29, 1.82) is 0 Å². The number of nitrogens with one attached hydrogen (secondary N) is 1. The van der Waals surface area contributed by atoms with E-state index in [1.165, 1.54) is 17.5 Å². The van der Waals surface area contributed by atoms with Crippen molar-refractivity contribution < 1.29 is 0 Å². The fourth-order valence-corrected chi connectivity index (χ4v) is 2.09. The van der Waals surface area contributed by atoms with Crippen molar-refractivity contribution in [1.82, 2.24) is 9.88 Å². The molecule has 0 bridgehead atoms. The van der Waals surface area contributed by atoms with E-state index in [1.807, 2.05) is 0 Å². The van der Waals surface area contributed by atoms with Gasteiger partial charge in [-0.3, -0.25) is 0 Å². The van der Waals surface area contributed by atoms with E-state index in [4.69, 9.17) is 0 Å². The van der Waals surface area contributed by atoms with Crippen LogP contribution in [0.15, 0.2) is 48.8 Å². The third kappa shape index (κ3) is 3.47. The first-order valence-corrected chi connectivity index (χ1v) is 6.72. The molecule has 0 radical (unpaired) electrons. The van der Waals surface area contributed by atoms with Crippen molar-refractivity contribution in [2.24, 2.45) is 0 Å². The summed E-state index contributed by atoms with van der Waals surface area (Å²) in [7, 11) is 0. The summed E-state index contributed by atoms with van der Waals surface area (Å²) < 4.78 is 2.24. The monoisotopic (exact) mass is 242 g/mol. The molecule has 0 saturated heterocycles. The zero-order chi connectivity index (χ0) is 12.8. The lowest BCUT2D eigenvalue weighted by molar-refractivity contribution is 0.569. The van der Waals surface area contributed by atoms with Crippen molar-refractivity contribution in [2.45, 2.75) is 32.9 Å². The molecule has 18 heavy (non-hydrogen) atoms. The van der Waals surface area contributed by atoms with E-state index in [1.54, 1.807) is 0 Å². The summed E-state index contributed by atoms with van der Waals surface area (Å²) in [5.41, 5.74) is 2.70. The van der Waals surface area contributed by atoms with Crippen LogP contribution in [0.3, 0.4) is 0 Å². The van der Waals surface area contributed by atoms with E-state index in [9.17, 15) is 0 Å². The van der Waals surface area contributed by atoms with Gasteiger partial charge in [-0.05, 0) is 37.1 Å². The second-order valence-corrected chi connectivity index (χ2v) is 4.78. The Morgan fingerprint density at radius 3 is 2.67 bits per heavy atom. The number of hydrogen-bond donors (Lipinski definition) is 1. The maximum absolute atomic E-state index is 3.51. The van der Waals surface area contributed by atoms with E-state index in [0.717, 1.165) is 13.1 Å². The molecule has 0 saturated carbocycles. The summed E-state index contributed by atoms with van der Waals surface area (Å²) >= 11 is 0. The van der Waals surface area contributed by atoms with Gasteiger partial charge in [0.15, 0.2) is 0 Å². The van der Waals surface area contributed by atoms with E-state index in [-0.39, 0.29) is 0 Å². The molecule has 2 rings (SSSR count). The van der Waals surface area contributed by atoms with Crippen molar-refractivity contribution in [3.05, 3.63) is 59.9 Å². The van der Waals surface area contributed by atoms with Crippen LogP contribution in [-0.4, -0.2) is 11.1 Å². The standard InChI is InChI=1S/C16H22N2/c1-3-10-17-14(2)16-9-11-18(13-16)12-15-7-5-4-6-8-15/h4-9,11,13-14,17H,3,10,12H2,1-2H3/t14-/m1/s1. The summed E-state index contributed by atoms with van der Waals surface area (Å²) in [5.74, 6) is 0. The fourth-order valence-electron chi connectivity index (χ4n) is 2.09. The van der Waals surface area contributed by atoms with Crippen LogP contribution < -0.4 is 5.32 Å². The highest BCUT2D eigenvalue weighted by Crippen LogP contribution is 2.13. The van der Waals surface area contributed by atoms with Crippen LogP contribution in [0.2, 0.25) is 0 Å². The topological polar surface area (TPSA) is 17.0 Å². The molecule has 1 atom stereocenters. The second kappa shape index (κ2) is 6.41. The van der Waals surface area contributed by atoms with Crippen LogP contribution in [0.5, 0.6) is 0 Å². The number of nitrogens with zero attached hydrogens (tertiary/aromatic N) is 1. The van der Waals surface area contributed by atoms with Crippen molar-refractivity contribution in [3.63, 3.8) is 0 Å². The molecule has 0 aliphatic carbocycles. The molecule has 1 aromatic heterocycles. The molecule has 1 N–H and O–H groups in total. The van der Waals surface area contributed by atoms with Crippen LogP contribution in [0.25, 0.3) is 0 Å². The molecule has 0 aliphatic heterocycles. The highest BCUT2D eigenvalue weighted by Gasteiger charge is 2.05. The summed E-state index contributed by atoms with van der Waals surface area (Å²) in [6.45, 7) is 6.44. The lowest BCUT2D eigenvalue weighted by Gasteiger charge is -2.11. The molecular formula is C16H22N2. The minimum atomic E-state index is 0.432. The molecule has 0 spiro atoms. The summed E-state index contributed by atoms with van der Waals surface area (Å²) in [6.07, 6.45) is 5.57. The summed E-state index contributed by atoms with van der Waals surface area (Å²) in [5, 5.41) is 3.51. The first-order chi connectivity index (χ1) is 8.79. The van der Waals surface area contributed by atoms with Gasteiger partial charge in [-0.1, -0.05) is 37.3 Å². The van der Waals surface area contributed by atoms with Gasteiger partial charge in [-0.15, -0.1) is 0 Å². The Morgan fingerprint density at radius 1 is 1.17 bits per heavy atom. The Balaban J connectivity index is 1.98. The number of aromatic nitrogens is 1. The lowest BCUT2D eigenvalue weighted by atomic mass is 10.2. The molecule has 2 aromatic rings. The van der Waals surface area contributed by atoms with Gasteiger partial charge in [-0.25, -0.2) is 0 Å². The van der Waals surface area contributed by atoms with Crippen molar-refractivity contribution >= 4 is 0 Å². The van der Waals surface area contributed by atoms with Crippen LogP contribution >= 0.6 is 0 Å². The van der Waals surface area contributed by atoms with Crippen LogP contribution in [0.1, 0.15) is 37.4 Å². The van der Waals surface area contributed by atoms with Crippen molar-refractivity contribution in [2.75, 3.05) is 6.54 Å². The first kappa shape index (κ1) is 12.9. The molecule has 96 valence electrons. The van der Waals surface area contributed by atoms with Crippen LogP contribution in [0.4, 0.5) is 0 Å². The molecular weight excluding hydrogens is 220 g/mol. The Labute approximate surface area is 110 Å². The average molecular weight is 242 g/mol. The Bertz CT molecular complexity index is 459. The molecule has 1 heterocycles. The SMILES string of the molecule is CCCN[C@H](C)c1ccn(Cc2ccccc2)c1. The van der Waals surface area contributed by atoms with E-state index < -0.39 is 0 Å². The average Bonchev–Trinajstić information content (AvgIpc) is 2.86. The quantitative estimate of drug-likeness (QED) is 0.819. The van der Waals surface area contributed by atoms with Gasteiger partial charge in [0, 0.05) is 25.0 Å². The molecule has 0 fully saturated rings. The van der Waals surface area contributed by atoms with E-state index in [0.29, 0.717) is 6.04 Å². The van der Waals surface area contributed by atoms with E-state index >= 15 is 0 Å². The Hall–Kier alpha value is -1.54. The maximum atomic E-state index is 3.51. The molecule has 0 unspecified atom stereocenters. The minimum Gasteiger partial charge on any atom is -0.350 e. The molecule has 1 aromatic carbocycles. The smallest absolute Gasteiger partial charge is 0.0470 e. The van der Waals surface area contributed by atoms with Crippen LogP contribution in [0, 0.1) is 0 Å². The number of rotatable bonds is 6. The summed E-state index contributed by atoms with van der Waals surface area (Å²) in [6, 6.07) is 13.2. The molecule has 2 heteroatoms. The van der Waals surface area contributed by atoms with Gasteiger partial charge >= 0.3 is 0 Å². The highest BCUT2D eigenvalue weighted by molar-refractivity contribution is 5.19. The minimum absolute atomic E-state index is 0.432. The van der Waals surface area contributed by atoms with Gasteiger partial charge in [0.2, 0.25) is 0 Å². The molecule has 2 nitrogen and oxygen atoms in total. The van der Waals surface area contributed by atoms with Gasteiger partial charge in [0.25, 0.3) is 0 Å². The Morgan fingerprint density at radius 2 is 1.94 bits per heavy atom. The predicted octanol–water partition coefficient (Wildman–Crippen LogP) is 3.60. The zero-order valence-electron chi connectivity index (χ0n) is 11.3. The molecule has 0 aliphatic rings. The van der Waals surface area contributed by atoms with E-state index in [2.05, 4.69) is 72.5 Å². The highest BCUT2D eigenvalue weighted by atomic mass is 15.0. The first-order valence-electron chi connectivity index (χ1n) is 6.72. The molecule has 0 amide bonds. The van der Waals surface area contributed by atoms with Gasteiger partial charge in [-0.2, -0.15) is 0 Å². The number of hydrogen-bond acceptors (Lipinski definition) is 1. The number of benzene rings is 1. The van der Waals surface area contributed by atoms with Crippen LogP contribution in [-0.2, 0) is 6.54 Å². The second-order valence-electron chi connectivity index (χ2n) is 4.78. The maximum Gasteiger partial charge on any atom is 0.0470 e. The predicted molar refractivity (Wildman–Crippen MR) is 76.7 cm³/mol. The zero-order valence-corrected chi connectivity index (χ0v) is 11.3. The van der Waals surface area contributed by atoms with Gasteiger partial charge in [0.05, 0.1) is 0 Å². The third-order valence-corrected chi connectivity index (χ3v) is 3.18. The lowest BCUT2D eigenvalue weighted by Crippen LogP contribution is -2.18. The normalized spacial score (nSPS) is 12.6. The summed E-state index contributed by atoms with van der Waals surface area (Å²) in [4.78, 5) is 0. The van der Waals surface area contributed by atoms with Gasteiger partial charge in [0.1, 0.15) is 0 Å². The van der Waals surface area contributed by atoms with Gasteiger partial charge < -0.3 is 9.88 Å². The van der Waals surface area contributed by atoms with Crippen molar-refractivity contribution in [3.8, 4) is 0 Å². The third-order valence-electron chi connectivity index (χ3n) is 3.18.